The molecule has 0 atom stereocenters. The van der Waals surface area contributed by atoms with Crippen molar-refractivity contribution in [3.63, 3.8) is 0 Å². The molecule has 0 amide bonds. The number of rotatable bonds is 8. The van der Waals surface area contributed by atoms with E-state index in [-0.39, 0.29) is 25.9 Å². The van der Waals surface area contributed by atoms with E-state index < -0.39 is 6.16 Å². The van der Waals surface area contributed by atoms with Crippen LogP contribution < -0.4 is 0 Å². The fourth-order valence-electron chi connectivity index (χ4n) is 1.10. The van der Waals surface area contributed by atoms with Crippen LogP contribution in [0.1, 0.15) is 27.7 Å². The van der Waals surface area contributed by atoms with Gasteiger partial charge in [-0.25, -0.2) is 4.79 Å². The SMILES string of the molecule is CC.CC(C)OC(=O)OCCN(CCO)CCO. The molecule has 0 aliphatic rings. The topological polar surface area (TPSA) is 79.2 Å². The summed E-state index contributed by atoms with van der Waals surface area (Å²) in [6.45, 7) is 9.05. The Morgan fingerprint density at radius 1 is 1.11 bits per heavy atom. The number of carbonyl (C=O) groups is 1. The van der Waals surface area contributed by atoms with Crippen LogP contribution in [0.4, 0.5) is 4.79 Å². The highest BCUT2D eigenvalue weighted by Crippen LogP contribution is 1.94. The van der Waals surface area contributed by atoms with E-state index in [0.29, 0.717) is 19.6 Å². The molecule has 0 saturated carbocycles. The van der Waals surface area contributed by atoms with Crippen molar-refractivity contribution in [2.24, 2.45) is 0 Å². The molecule has 6 heteroatoms. The monoisotopic (exact) mass is 265 g/mol. The molecule has 0 aliphatic heterocycles. The van der Waals surface area contributed by atoms with Crippen LogP contribution in [0.5, 0.6) is 0 Å². The van der Waals surface area contributed by atoms with Gasteiger partial charge in [-0.05, 0) is 13.8 Å². The van der Waals surface area contributed by atoms with Crippen molar-refractivity contribution in [3.8, 4) is 0 Å². The van der Waals surface area contributed by atoms with Gasteiger partial charge in [0.25, 0.3) is 0 Å². The molecular weight excluding hydrogens is 238 g/mol. The molecule has 0 unspecified atom stereocenters. The second kappa shape index (κ2) is 14.2. The van der Waals surface area contributed by atoms with Gasteiger partial charge >= 0.3 is 6.16 Å². The minimum absolute atomic E-state index is 0.0104. The maximum absolute atomic E-state index is 11.0. The van der Waals surface area contributed by atoms with Gasteiger partial charge in [-0.1, -0.05) is 13.8 Å². The lowest BCUT2D eigenvalue weighted by Gasteiger charge is -2.19. The van der Waals surface area contributed by atoms with Crippen LogP contribution in [0.2, 0.25) is 0 Å². The van der Waals surface area contributed by atoms with Crippen molar-refractivity contribution in [2.75, 3.05) is 39.5 Å². The molecular formula is C12H27NO5. The molecule has 0 fully saturated rings. The Kier molecular flexibility index (Phi) is 15.4. The van der Waals surface area contributed by atoms with Gasteiger partial charge in [0.15, 0.2) is 0 Å². The number of aliphatic hydroxyl groups is 2. The second-order valence-corrected chi connectivity index (χ2v) is 3.55. The average Bonchev–Trinajstić information content (AvgIpc) is 2.31. The van der Waals surface area contributed by atoms with Crippen molar-refractivity contribution in [2.45, 2.75) is 33.8 Å². The molecule has 0 aliphatic carbocycles. The summed E-state index contributed by atoms with van der Waals surface area (Å²) < 4.78 is 9.58. The highest BCUT2D eigenvalue weighted by molar-refractivity contribution is 5.59. The van der Waals surface area contributed by atoms with E-state index in [1.165, 1.54) is 0 Å². The van der Waals surface area contributed by atoms with Crippen LogP contribution in [0.25, 0.3) is 0 Å². The fourth-order valence-corrected chi connectivity index (χ4v) is 1.10. The normalized spacial score (nSPS) is 10.0. The third kappa shape index (κ3) is 13.2. The smallest absolute Gasteiger partial charge is 0.433 e. The van der Waals surface area contributed by atoms with E-state index in [0.717, 1.165) is 0 Å². The Hall–Kier alpha value is -0.850. The zero-order valence-corrected chi connectivity index (χ0v) is 11.9. The lowest BCUT2D eigenvalue weighted by molar-refractivity contribution is 0.0271. The predicted molar refractivity (Wildman–Crippen MR) is 69.5 cm³/mol. The molecule has 0 spiro atoms. The number of hydrogen-bond donors (Lipinski definition) is 2. The number of nitrogens with zero attached hydrogens (tertiary/aromatic N) is 1. The van der Waals surface area contributed by atoms with Crippen molar-refractivity contribution in [1.29, 1.82) is 0 Å². The van der Waals surface area contributed by atoms with Gasteiger partial charge in [-0.2, -0.15) is 0 Å². The summed E-state index contributed by atoms with van der Waals surface area (Å²) in [5, 5.41) is 17.5. The van der Waals surface area contributed by atoms with Crippen molar-refractivity contribution < 1.29 is 24.5 Å². The molecule has 0 bridgehead atoms. The van der Waals surface area contributed by atoms with Crippen LogP contribution in [0, 0.1) is 0 Å². The molecule has 0 radical (unpaired) electrons. The van der Waals surface area contributed by atoms with E-state index in [2.05, 4.69) is 0 Å². The molecule has 0 aromatic rings. The van der Waals surface area contributed by atoms with Crippen molar-refractivity contribution >= 4 is 6.16 Å². The first kappa shape index (κ1) is 19.5. The molecule has 110 valence electrons. The minimum Gasteiger partial charge on any atom is -0.433 e. The third-order valence-corrected chi connectivity index (χ3v) is 1.79. The summed E-state index contributed by atoms with van der Waals surface area (Å²) in [4.78, 5) is 12.8. The summed E-state index contributed by atoms with van der Waals surface area (Å²) in [6, 6.07) is 0. The molecule has 0 aromatic heterocycles. The standard InChI is InChI=1S/C10H21NO5.C2H6/c1-9(2)16-10(14)15-8-5-11(3-6-12)4-7-13;1-2/h9,12-13H,3-8H2,1-2H3;1-2H3. The molecule has 0 aromatic carbocycles. The molecule has 2 N–H and O–H groups in total. The fraction of sp³-hybridized carbons (Fsp3) is 0.917. The maximum atomic E-state index is 11.0. The lowest BCUT2D eigenvalue weighted by atomic mass is 10.4. The van der Waals surface area contributed by atoms with Gasteiger partial charge in [-0.15, -0.1) is 0 Å². The molecule has 0 saturated heterocycles. The number of aliphatic hydroxyl groups excluding tert-OH is 2. The van der Waals surface area contributed by atoms with Gasteiger partial charge in [0.05, 0.1) is 19.3 Å². The van der Waals surface area contributed by atoms with Gasteiger partial charge < -0.3 is 19.7 Å². The highest BCUT2D eigenvalue weighted by atomic mass is 16.7. The first-order valence-corrected chi connectivity index (χ1v) is 6.37. The zero-order chi connectivity index (χ0) is 14.4. The predicted octanol–water partition coefficient (Wildman–Crippen LogP) is 0.861. The highest BCUT2D eigenvalue weighted by Gasteiger charge is 2.08. The number of ether oxygens (including phenoxy) is 2. The third-order valence-electron chi connectivity index (χ3n) is 1.79. The Morgan fingerprint density at radius 2 is 1.61 bits per heavy atom. The van der Waals surface area contributed by atoms with Gasteiger partial charge in [0.2, 0.25) is 0 Å². The Bertz CT molecular complexity index is 181. The quantitative estimate of drug-likeness (QED) is 0.634. The van der Waals surface area contributed by atoms with Crippen molar-refractivity contribution in [3.05, 3.63) is 0 Å². The van der Waals surface area contributed by atoms with E-state index >= 15 is 0 Å². The van der Waals surface area contributed by atoms with Gasteiger partial charge in [0, 0.05) is 19.6 Å². The Balaban J connectivity index is 0. The lowest BCUT2D eigenvalue weighted by Crippen LogP contribution is -2.33. The van der Waals surface area contributed by atoms with Crippen LogP contribution in [0.15, 0.2) is 0 Å². The maximum Gasteiger partial charge on any atom is 0.508 e. The number of carbonyl (C=O) groups excluding carboxylic acids is 1. The summed E-state index contributed by atoms with van der Waals surface area (Å²) >= 11 is 0. The molecule has 6 nitrogen and oxygen atoms in total. The van der Waals surface area contributed by atoms with Crippen LogP contribution in [-0.2, 0) is 9.47 Å². The van der Waals surface area contributed by atoms with E-state index in [1.54, 1.807) is 18.7 Å². The van der Waals surface area contributed by atoms with Crippen LogP contribution in [-0.4, -0.2) is 66.8 Å². The Morgan fingerprint density at radius 3 is 2.00 bits per heavy atom. The van der Waals surface area contributed by atoms with E-state index in [4.69, 9.17) is 19.7 Å². The molecule has 0 rings (SSSR count). The van der Waals surface area contributed by atoms with E-state index in [9.17, 15) is 4.79 Å². The van der Waals surface area contributed by atoms with Gasteiger partial charge in [-0.3, -0.25) is 4.90 Å². The minimum atomic E-state index is -0.692. The summed E-state index contributed by atoms with van der Waals surface area (Å²) in [6.07, 6.45) is -0.888. The zero-order valence-electron chi connectivity index (χ0n) is 11.9. The Labute approximate surface area is 109 Å². The van der Waals surface area contributed by atoms with Gasteiger partial charge in [0.1, 0.15) is 6.61 Å². The number of hydrogen-bond acceptors (Lipinski definition) is 6. The van der Waals surface area contributed by atoms with Crippen LogP contribution in [0.3, 0.4) is 0 Å². The summed E-state index contributed by atoms with van der Waals surface area (Å²) in [5.41, 5.74) is 0. The van der Waals surface area contributed by atoms with E-state index in [1.807, 2.05) is 13.8 Å². The second-order valence-electron chi connectivity index (χ2n) is 3.55. The van der Waals surface area contributed by atoms with Crippen LogP contribution >= 0.6 is 0 Å². The average molecular weight is 265 g/mol. The largest absolute Gasteiger partial charge is 0.508 e. The molecule has 0 heterocycles. The summed E-state index contributed by atoms with van der Waals surface area (Å²) in [5.74, 6) is 0. The van der Waals surface area contributed by atoms with Crippen molar-refractivity contribution in [1.82, 2.24) is 4.90 Å². The summed E-state index contributed by atoms with van der Waals surface area (Å²) in [7, 11) is 0. The first-order valence-electron chi connectivity index (χ1n) is 6.37. The first-order chi connectivity index (χ1) is 8.60. The molecule has 18 heavy (non-hydrogen) atoms.